The molecule has 0 bridgehead atoms. The second-order valence-corrected chi connectivity index (χ2v) is 19.4. The van der Waals surface area contributed by atoms with Crippen molar-refractivity contribution >= 4 is 11.8 Å². The van der Waals surface area contributed by atoms with E-state index in [2.05, 4.69) is 6.92 Å². The van der Waals surface area contributed by atoms with Gasteiger partial charge in [-0.1, -0.05) is 103 Å². The Morgan fingerprint density at radius 3 is 1.24 bits per heavy atom. The second kappa shape index (κ2) is 30.4. The Bertz CT molecular complexity index is 1280. The van der Waals surface area contributed by atoms with Crippen LogP contribution in [0.1, 0.15) is 117 Å². The average molecular weight is 979 g/mol. The van der Waals surface area contributed by atoms with Gasteiger partial charge in [0, 0.05) is 0 Å². The molecule has 0 radical (unpaired) electrons. The molecule has 4 rings (SSSR count). The zero-order chi connectivity index (χ0) is 48.3. The summed E-state index contributed by atoms with van der Waals surface area (Å²) >= 11 is 1.52. The van der Waals surface area contributed by atoms with Gasteiger partial charge in [0.1, 0.15) is 103 Å². The van der Waals surface area contributed by atoms with Crippen molar-refractivity contribution in [2.45, 2.75) is 245 Å². The third kappa shape index (κ3) is 16.8. The first-order chi connectivity index (χ1) is 31.7. The van der Waals surface area contributed by atoms with Gasteiger partial charge in [0.25, 0.3) is 0 Å². The van der Waals surface area contributed by atoms with Crippen LogP contribution < -0.4 is 0 Å². The van der Waals surface area contributed by atoms with Crippen LogP contribution in [0.15, 0.2) is 0 Å². The maximum Gasteiger partial charge on any atom is 0.188 e. The van der Waals surface area contributed by atoms with Gasteiger partial charge in [-0.25, -0.2) is 0 Å². The van der Waals surface area contributed by atoms with Crippen molar-refractivity contribution in [3.05, 3.63) is 0 Å². The molecule has 0 aromatic carbocycles. The summed E-state index contributed by atoms with van der Waals surface area (Å²) in [5.41, 5.74) is -0.438. The van der Waals surface area contributed by atoms with Crippen LogP contribution in [-0.4, -0.2) is 227 Å². The molecule has 66 heavy (non-hydrogen) atoms. The van der Waals surface area contributed by atoms with Crippen LogP contribution in [0.5, 0.6) is 0 Å². The topological polar surface area (TPSA) is 337 Å². The molecule has 0 spiro atoms. The quantitative estimate of drug-likeness (QED) is 0.0291. The van der Waals surface area contributed by atoms with E-state index < -0.39 is 155 Å². The highest BCUT2D eigenvalue weighted by molar-refractivity contribution is 7.99. The fourth-order valence-electron chi connectivity index (χ4n) is 8.66. The summed E-state index contributed by atoms with van der Waals surface area (Å²) in [4.78, 5) is 0. The molecule has 22 heteroatoms. The zero-order valence-corrected chi connectivity index (χ0v) is 39.3. The van der Waals surface area contributed by atoms with E-state index in [0.29, 0.717) is 0 Å². The van der Waals surface area contributed by atoms with Crippen molar-refractivity contribution in [3.8, 4) is 0 Å². The Morgan fingerprint density at radius 1 is 0.409 bits per heavy atom. The van der Waals surface area contributed by atoms with E-state index in [1.165, 1.54) is 95.2 Å². The SMILES string of the molecule is CCCCCCCCCCCCCCCCCCSC(C)O[C@@H]1O[C@H](CO)[C@@H](O[C@H]2O[C@H](CO)[C@@H](O[C@H]3O[C@H](CO[C@H]4O[C@H](CO)[C@@H](O)[C@H](O)[C@H]4O)[C@@H](O)[C@H](O)[C@H]3O)[C@H](O)[C@H]2O)[C@H](O)[C@H]1O. The van der Waals surface area contributed by atoms with Crippen LogP contribution in [0, 0.1) is 0 Å². The molecule has 0 aromatic heterocycles. The molecule has 0 aliphatic carbocycles. The maximum atomic E-state index is 11.2. The van der Waals surface area contributed by atoms with Gasteiger partial charge in [0.2, 0.25) is 0 Å². The lowest BCUT2D eigenvalue weighted by atomic mass is 9.96. The molecule has 0 amide bonds. The van der Waals surface area contributed by atoms with Crippen LogP contribution in [0.4, 0.5) is 0 Å². The van der Waals surface area contributed by atoms with E-state index in [1.807, 2.05) is 0 Å². The summed E-state index contributed by atoms with van der Waals surface area (Å²) in [6, 6.07) is 0. The molecular formula is C44H82O21S. The van der Waals surface area contributed by atoms with E-state index in [1.54, 1.807) is 6.92 Å². The minimum absolute atomic E-state index is 0.438. The largest absolute Gasteiger partial charge is 0.394 e. The van der Waals surface area contributed by atoms with E-state index in [4.69, 9.17) is 37.9 Å². The smallest absolute Gasteiger partial charge is 0.188 e. The van der Waals surface area contributed by atoms with Crippen molar-refractivity contribution in [1.29, 1.82) is 0 Å². The number of hydrogen-bond donors (Lipinski definition) is 13. The third-order valence-corrected chi connectivity index (χ3v) is 13.9. The molecule has 390 valence electrons. The number of aliphatic hydroxyl groups is 13. The van der Waals surface area contributed by atoms with Gasteiger partial charge >= 0.3 is 0 Å². The fraction of sp³-hybridized carbons (Fsp3) is 1.00. The molecule has 21 atom stereocenters. The Kier molecular flexibility index (Phi) is 26.8. The molecule has 4 heterocycles. The maximum absolute atomic E-state index is 11.2. The Labute approximate surface area is 392 Å². The third-order valence-electron chi connectivity index (χ3n) is 12.8. The van der Waals surface area contributed by atoms with E-state index in [9.17, 15) is 66.4 Å². The summed E-state index contributed by atoms with van der Waals surface area (Å²) in [7, 11) is 0. The van der Waals surface area contributed by atoms with Gasteiger partial charge in [0.05, 0.1) is 26.4 Å². The highest BCUT2D eigenvalue weighted by Gasteiger charge is 2.54. The van der Waals surface area contributed by atoms with Gasteiger partial charge < -0.3 is 104 Å². The summed E-state index contributed by atoms with van der Waals surface area (Å²) in [5, 5.41) is 137. The number of rotatable bonds is 30. The first-order valence-corrected chi connectivity index (χ1v) is 25.2. The summed E-state index contributed by atoms with van der Waals surface area (Å²) in [6.07, 6.45) is -13.5. The molecular weight excluding hydrogens is 897 g/mol. The van der Waals surface area contributed by atoms with Gasteiger partial charge in [-0.05, 0) is 19.1 Å². The molecule has 0 aromatic rings. The van der Waals surface area contributed by atoms with Crippen molar-refractivity contribution < 1.29 is 104 Å². The fourth-order valence-corrected chi connectivity index (χ4v) is 9.56. The molecule has 4 saturated heterocycles. The molecule has 13 N–H and O–H groups in total. The lowest BCUT2D eigenvalue weighted by molar-refractivity contribution is -0.381. The molecule has 4 aliphatic rings. The normalized spacial score (nSPS) is 40.4. The first kappa shape index (κ1) is 58.1. The standard InChI is InChI=1S/C44H82O21S/c1-3-4-5-6-7-8-9-10-11-12-13-14-15-16-17-18-19-66-24(2)59-42-37(56)33(52)39(26(21-46)61-42)65-44-38(57)34(53)40(27(22-47)62-44)64-43-36(55)32(51)30(49)28(63-43)23-58-41-35(54)31(50)29(48)25(20-45)60-41/h24-57H,3-23H2,1-2H3/t24?,25-,26-,27-,28-,29-,30-,31+,32+,33-,34-,35-,36-,37-,38-,39-,40-,41+,42-,43-,44-/m1/s1. The van der Waals surface area contributed by atoms with Crippen molar-refractivity contribution in [2.75, 3.05) is 32.2 Å². The van der Waals surface area contributed by atoms with Crippen LogP contribution >= 0.6 is 11.8 Å². The van der Waals surface area contributed by atoms with Crippen molar-refractivity contribution in [1.82, 2.24) is 0 Å². The van der Waals surface area contributed by atoms with Crippen LogP contribution in [0.3, 0.4) is 0 Å². The van der Waals surface area contributed by atoms with Crippen LogP contribution in [-0.2, 0) is 37.9 Å². The van der Waals surface area contributed by atoms with E-state index in [-0.39, 0.29) is 0 Å². The predicted molar refractivity (Wildman–Crippen MR) is 234 cm³/mol. The van der Waals surface area contributed by atoms with Gasteiger partial charge in [0.15, 0.2) is 25.2 Å². The van der Waals surface area contributed by atoms with Gasteiger partial charge in [-0.2, -0.15) is 0 Å². The number of hydrogen-bond acceptors (Lipinski definition) is 22. The number of ether oxygens (including phenoxy) is 8. The van der Waals surface area contributed by atoms with Crippen LogP contribution in [0.2, 0.25) is 0 Å². The highest BCUT2D eigenvalue weighted by Crippen LogP contribution is 2.34. The summed E-state index contributed by atoms with van der Waals surface area (Å²) in [5.74, 6) is 0.811. The van der Waals surface area contributed by atoms with Crippen molar-refractivity contribution in [3.63, 3.8) is 0 Å². The molecule has 21 nitrogen and oxygen atoms in total. The zero-order valence-electron chi connectivity index (χ0n) is 38.5. The summed E-state index contributed by atoms with van der Waals surface area (Å²) in [6.45, 7) is 1.02. The molecule has 1 unspecified atom stereocenters. The van der Waals surface area contributed by atoms with Crippen molar-refractivity contribution in [2.24, 2.45) is 0 Å². The Morgan fingerprint density at radius 2 is 0.773 bits per heavy atom. The van der Waals surface area contributed by atoms with Gasteiger partial charge in [-0.15, -0.1) is 11.8 Å². The highest BCUT2D eigenvalue weighted by atomic mass is 32.2. The molecule has 4 aliphatic heterocycles. The van der Waals surface area contributed by atoms with E-state index in [0.717, 1.165) is 25.0 Å². The predicted octanol–water partition coefficient (Wildman–Crippen LogP) is -1.38. The summed E-state index contributed by atoms with van der Waals surface area (Å²) < 4.78 is 45.2. The average Bonchev–Trinajstić information content (AvgIpc) is 3.31. The van der Waals surface area contributed by atoms with E-state index >= 15 is 0 Å². The minimum Gasteiger partial charge on any atom is -0.394 e. The Balaban J connectivity index is 1.18. The van der Waals surface area contributed by atoms with Crippen LogP contribution in [0.25, 0.3) is 0 Å². The number of aliphatic hydroxyl groups excluding tert-OH is 13. The Hall–Kier alpha value is -0.490. The number of thioether (sulfide) groups is 1. The lowest BCUT2D eigenvalue weighted by Crippen LogP contribution is -2.66. The monoisotopic (exact) mass is 979 g/mol. The number of unbranched alkanes of at least 4 members (excludes halogenated alkanes) is 15. The second-order valence-electron chi connectivity index (χ2n) is 18.0. The first-order valence-electron chi connectivity index (χ1n) is 24.1. The molecule has 0 saturated carbocycles. The minimum atomic E-state index is -1.99. The lowest BCUT2D eigenvalue weighted by Gasteiger charge is -2.48. The van der Waals surface area contributed by atoms with Gasteiger partial charge in [-0.3, -0.25) is 0 Å². The molecule has 4 fully saturated rings.